The lowest BCUT2D eigenvalue weighted by Gasteiger charge is -2.43. The zero-order valence-corrected chi connectivity index (χ0v) is 5.99. The van der Waals surface area contributed by atoms with Crippen LogP contribution >= 0.6 is 0 Å². The Morgan fingerprint density at radius 3 is 2.00 bits per heavy atom. The molecule has 0 aromatic heterocycles. The summed E-state index contributed by atoms with van der Waals surface area (Å²) < 4.78 is 0. The van der Waals surface area contributed by atoms with Gasteiger partial charge in [0.05, 0.1) is 0 Å². The Morgan fingerprint density at radius 2 is 2.00 bits per heavy atom. The molecule has 8 heavy (non-hydrogen) atoms. The van der Waals surface area contributed by atoms with Gasteiger partial charge in [0.2, 0.25) is 0 Å². The summed E-state index contributed by atoms with van der Waals surface area (Å²) in [5.74, 6) is 0.788. The van der Waals surface area contributed by atoms with Gasteiger partial charge in [0.15, 0.2) is 0 Å². The molecule has 0 spiro atoms. The third kappa shape index (κ3) is 0.752. The molecule has 1 heteroatoms. The molecular formula is C7H15N. The highest BCUT2D eigenvalue weighted by atomic mass is 15.0. The van der Waals surface area contributed by atoms with E-state index in [1.54, 1.807) is 0 Å². The van der Waals surface area contributed by atoms with Crippen LogP contribution in [-0.4, -0.2) is 12.1 Å². The number of rotatable bonds is 1. The SMILES string of the molecule is CC(C)C1(C)CCN1. The second-order valence-electron chi connectivity index (χ2n) is 3.25. The molecule has 48 valence electrons. The summed E-state index contributed by atoms with van der Waals surface area (Å²) in [6, 6.07) is 0. The van der Waals surface area contributed by atoms with Crippen molar-refractivity contribution in [3.8, 4) is 0 Å². The largest absolute Gasteiger partial charge is 0.311 e. The molecule has 1 atom stereocenters. The van der Waals surface area contributed by atoms with E-state index in [4.69, 9.17) is 0 Å². The molecule has 1 rings (SSSR count). The van der Waals surface area contributed by atoms with Gasteiger partial charge in [0.25, 0.3) is 0 Å². The normalized spacial score (nSPS) is 37.5. The van der Waals surface area contributed by atoms with E-state index in [9.17, 15) is 0 Å². The third-order valence-corrected chi connectivity index (χ3v) is 2.45. The fraction of sp³-hybridized carbons (Fsp3) is 1.00. The van der Waals surface area contributed by atoms with E-state index in [-0.39, 0.29) is 0 Å². The van der Waals surface area contributed by atoms with E-state index < -0.39 is 0 Å². The first-order valence-electron chi connectivity index (χ1n) is 3.40. The highest BCUT2D eigenvalue weighted by Crippen LogP contribution is 2.26. The van der Waals surface area contributed by atoms with Crippen LogP contribution in [0, 0.1) is 5.92 Å². The van der Waals surface area contributed by atoms with Crippen LogP contribution in [-0.2, 0) is 0 Å². The van der Waals surface area contributed by atoms with Gasteiger partial charge in [-0.1, -0.05) is 13.8 Å². The number of nitrogens with one attached hydrogen (secondary N) is 1. The molecule has 1 nitrogen and oxygen atoms in total. The van der Waals surface area contributed by atoms with Gasteiger partial charge in [-0.25, -0.2) is 0 Å². The van der Waals surface area contributed by atoms with Crippen molar-refractivity contribution in [1.82, 2.24) is 5.32 Å². The lowest BCUT2D eigenvalue weighted by atomic mass is 9.80. The summed E-state index contributed by atoms with van der Waals surface area (Å²) in [6.45, 7) is 8.05. The molecule has 1 N–H and O–H groups in total. The monoisotopic (exact) mass is 113 g/mol. The van der Waals surface area contributed by atoms with Gasteiger partial charge in [-0.3, -0.25) is 0 Å². The van der Waals surface area contributed by atoms with Crippen molar-refractivity contribution in [1.29, 1.82) is 0 Å². The van der Waals surface area contributed by atoms with Crippen molar-refractivity contribution in [2.24, 2.45) is 5.92 Å². The molecule has 1 heterocycles. The van der Waals surface area contributed by atoms with Crippen molar-refractivity contribution in [3.63, 3.8) is 0 Å². The maximum absolute atomic E-state index is 3.42. The van der Waals surface area contributed by atoms with Crippen LogP contribution in [0.15, 0.2) is 0 Å². The fourth-order valence-electron chi connectivity index (χ4n) is 1.01. The molecule has 1 unspecified atom stereocenters. The Morgan fingerprint density at radius 1 is 1.50 bits per heavy atom. The van der Waals surface area contributed by atoms with Crippen LogP contribution in [0.4, 0.5) is 0 Å². The number of hydrogen-bond acceptors (Lipinski definition) is 1. The molecule has 0 aromatic carbocycles. The van der Waals surface area contributed by atoms with E-state index in [0.717, 1.165) is 5.92 Å². The van der Waals surface area contributed by atoms with Gasteiger partial charge >= 0.3 is 0 Å². The summed E-state index contributed by atoms with van der Waals surface area (Å²) in [7, 11) is 0. The van der Waals surface area contributed by atoms with Crippen molar-refractivity contribution in [2.45, 2.75) is 32.7 Å². The predicted molar refractivity (Wildman–Crippen MR) is 35.9 cm³/mol. The first-order chi connectivity index (χ1) is 3.65. The summed E-state index contributed by atoms with van der Waals surface area (Å²) in [4.78, 5) is 0. The molecule has 1 fully saturated rings. The minimum atomic E-state index is 0.472. The molecular weight excluding hydrogens is 98.1 g/mol. The van der Waals surface area contributed by atoms with Crippen LogP contribution in [0.2, 0.25) is 0 Å². The Bertz CT molecular complexity index is 82.4. The molecule has 0 radical (unpaired) electrons. The second-order valence-corrected chi connectivity index (χ2v) is 3.25. The van der Waals surface area contributed by atoms with Gasteiger partial charge in [0.1, 0.15) is 0 Å². The standard InChI is InChI=1S/C7H15N/c1-6(2)7(3)4-5-8-7/h6,8H,4-5H2,1-3H3. The van der Waals surface area contributed by atoms with E-state index in [2.05, 4.69) is 26.1 Å². The fourth-order valence-corrected chi connectivity index (χ4v) is 1.01. The Kier molecular flexibility index (Phi) is 1.31. The zero-order chi connectivity index (χ0) is 6.20. The quantitative estimate of drug-likeness (QED) is 0.542. The molecule has 1 aliphatic rings. The Labute approximate surface area is 51.5 Å². The Hall–Kier alpha value is -0.0400. The van der Waals surface area contributed by atoms with Crippen molar-refractivity contribution >= 4 is 0 Å². The first-order valence-corrected chi connectivity index (χ1v) is 3.40. The lowest BCUT2D eigenvalue weighted by molar-refractivity contribution is 0.163. The Balaban J connectivity index is 2.41. The van der Waals surface area contributed by atoms with E-state index in [1.165, 1.54) is 13.0 Å². The average Bonchev–Trinajstić information content (AvgIpc) is 1.60. The van der Waals surface area contributed by atoms with Gasteiger partial charge in [-0.2, -0.15) is 0 Å². The first kappa shape index (κ1) is 6.09. The highest BCUT2D eigenvalue weighted by molar-refractivity contribution is 4.94. The van der Waals surface area contributed by atoms with E-state index in [0.29, 0.717) is 5.54 Å². The van der Waals surface area contributed by atoms with Gasteiger partial charge in [-0.05, 0) is 25.8 Å². The van der Waals surface area contributed by atoms with Crippen LogP contribution in [0.25, 0.3) is 0 Å². The molecule has 0 bridgehead atoms. The van der Waals surface area contributed by atoms with Crippen molar-refractivity contribution in [2.75, 3.05) is 6.54 Å². The summed E-state index contributed by atoms with van der Waals surface area (Å²) in [5, 5.41) is 3.42. The summed E-state index contributed by atoms with van der Waals surface area (Å²) >= 11 is 0. The van der Waals surface area contributed by atoms with Crippen LogP contribution in [0.1, 0.15) is 27.2 Å². The molecule has 0 aromatic rings. The topological polar surface area (TPSA) is 12.0 Å². The van der Waals surface area contributed by atoms with E-state index >= 15 is 0 Å². The van der Waals surface area contributed by atoms with Gasteiger partial charge < -0.3 is 5.32 Å². The molecule has 0 aliphatic carbocycles. The minimum absolute atomic E-state index is 0.472. The maximum Gasteiger partial charge on any atom is 0.0188 e. The van der Waals surface area contributed by atoms with Crippen LogP contribution in [0.3, 0.4) is 0 Å². The summed E-state index contributed by atoms with van der Waals surface area (Å²) in [6.07, 6.45) is 1.35. The van der Waals surface area contributed by atoms with Crippen molar-refractivity contribution in [3.05, 3.63) is 0 Å². The van der Waals surface area contributed by atoms with Gasteiger partial charge in [-0.15, -0.1) is 0 Å². The molecule has 0 amide bonds. The molecule has 0 saturated carbocycles. The summed E-state index contributed by atoms with van der Waals surface area (Å²) in [5.41, 5.74) is 0.472. The zero-order valence-electron chi connectivity index (χ0n) is 5.99. The highest BCUT2D eigenvalue weighted by Gasteiger charge is 2.33. The smallest absolute Gasteiger partial charge is 0.0188 e. The molecule has 1 saturated heterocycles. The second kappa shape index (κ2) is 1.73. The molecule has 1 aliphatic heterocycles. The third-order valence-electron chi connectivity index (χ3n) is 2.45. The van der Waals surface area contributed by atoms with Crippen LogP contribution in [0.5, 0.6) is 0 Å². The maximum atomic E-state index is 3.42. The minimum Gasteiger partial charge on any atom is -0.311 e. The van der Waals surface area contributed by atoms with E-state index in [1.807, 2.05) is 0 Å². The predicted octanol–water partition coefficient (Wildman–Crippen LogP) is 1.39. The van der Waals surface area contributed by atoms with Crippen LogP contribution < -0.4 is 5.32 Å². The average molecular weight is 113 g/mol. The lowest BCUT2D eigenvalue weighted by Crippen LogP contribution is -2.57. The van der Waals surface area contributed by atoms with Crippen molar-refractivity contribution < 1.29 is 0 Å². The van der Waals surface area contributed by atoms with Gasteiger partial charge in [0, 0.05) is 5.54 Å². The number of hydrogen-bond donors (Lipinski definition) is 1.